The zero-order valence-corrected chi connectivity index (χ0v) is 24.5. The van der Waals surface area contributed by atoms with Crippen LogP contribution in [0.4, 0.5) is 5.82 Å². The van der Waals surface area contributed by atoms with Crippen molar-refractivity contribution in [2.45, 2.75) is 39.3 Å². The monoisotopic (exact) mass is 591 g/mol. The van der Waals surface area contributed by atoms with Crippen molar-refractivity contribution >= 4 is 39.4 Å². The number of anilines is 1. The molecule has 216 valence electrons. The van der Waals surface area contributed by atoms with E-state index < -0.39 is 0 Å². The van der Waals surface area contributed by atoms with Crippen molar-refractivity contribution in [3.8, 4) is 28.8 Å². The van der Waals surface area contributed by atoms with Crippen LogP contribution in [-0.4, -0.2) is 34.4 Å². The van der Waals surface area contributed by atoms with Crippen LogP contribution in [0.3, 0.4) is 0 Å². The molecule has 0 bridgehead atoms. The van der Waals surface area contributed by atoms with E-state index in [4.69, 9.17) is 27.4 Å². The lowest BCUT2D eigenvalue weighted by atomic mass is 10.1. The summed E-state index contributed by atoms with van der Waals surface area (Å²) in [4.78, 5) is 27.8. The minimum atomic E-state index is -0.266. The molecule has 0 saturated carbocycles. The summed E-state index contributed by atoms with van der Waals surface area (Å²) in [5.41, 5.74) is 9.48. The van der Waals surface area contributed by atoms with E-state index in [1.807, 2.05) is 12.1 Å². The minimum absolute atomic E-state index is 0.0821. The number of halogens is 1. The Morgan fingerprint density at radius 1 is 1.16 bits per heavy atom. The van der Waals surface area contributed by atoms with Crippen LogP contribution in [-0.2, 0) is 13.1 Å². The third-order valence-electron chi connectivity index (χ3n) is 6.93. The number of aromatic nitrogens is 6. The molecule has 0 spiro atoms. The second-order valence-corrected chi connectivity index (χ2v) is 10.3. The first-order chi connectivity index (χ1) is 20.8. The van der Waals surface area contributed by atoms with Crippen molar-refractivity contribution in [3.63, 3.8) is 0 Å². The van der Waals surface area contributed by atoms with Crippen molar-refractivity contribution in [2.75, 3.05) is 5.73 Å². The van der Waals surface area contributed by atoms with Crippen molar-refractivity contribution in [2.24, 2.45) is 0 Å². The minimum Gasteiger partial charge on any atom is -0.508 e. The van der Waals surface area contributed by atoms with Gasteiger partial charge in [0, 0.05) is 22.6 Å². The molecule has 0 aliphatic heterocycles. The van der Waals surface area contributed by atoms with E-state index in [1.165, 1.54) is 6.33 Å². The molecule has 0 aliphatic carbocycles. The number of fused-ring (bicyclic) bond motifs is 2. The third kappa shape index (κ3) is 6.05. The summed E-state index contributed by atoms with van der Waals surface area (Å²) in [5.74, 6) is 7.15. The number of nitrogens with zero attached hydrogens (tertiary/aromatic N) is 6. The molecule has 3 heterocycles. The fourth-order valence-electron chi connectivity index (χ4n) is 4.76. The number of benzene rings is 2. The Kier molecular flexibility index (Phi) is 8.69. The average Bonchev–Trinajstić information content (AvgIpc) is 3.36. The van der Waals surface area contributed by atoms with Gasteiger partial charge in [0.1, 0.15) is 36.0 Å². The Morgan fingerprint density at radius 2 is 1.95 bits per heavy atom. The van der Waals surface area contributed by atoms with Gasteiger partial charge in [-0.1, -0.05) is 68.2 Å². The maximum Gasteiger partial charge on any atom is 0.263 e. The van der Waals surface area contributed by atoms with Gasteiger partial charge < -0.3 is 10.8 Å². The summed E-state index contributed by atoms with van der Waals surface area (Å²) in [6, 6.07) is 12.1. The van der Waals surface area contributed by atoms with Crippen LogP contribution in [0.1, 0.15) is 37.6 Å². The molecular weight excluding hydrogens is 562 g/mol. The Hall–Kier alpha value is -5.20. The number of phenolic OH excluding ortho intramolecular Hbond substituents is 1. The number of phenols is 1. The number of aromatic hydroxyl groups is 1. The van der Waals surface area contributed by atoms with Gasteiger partial charge in [-0.25, -0.2) is 19.6 Å². The first-order valence-electron chi connectivity index (χ1n) is 13.8. The van der Waals surface area contributed by atoms with E-state index in [0.29, 0.717) is 50.2 Å². The normalized spacial score (nSPS) is 11.4. The lowest BCUT2D eigenvalue weighted by Crippen LogP contribution is -2.28. The maximum atomic E-state index is 14.2. The number of hydrogen-bond donors (Lipinski definition) is 2. The molecule has 2 aromatic carbocycles. The second-order valence-electron chi connectivity index (χ2n) is 9.87. The summed E-state index contributed by atoms with van der Waals surface area (Å²) in [7, 11) is 0. The molecule has 5 aromatic rings. The molecule has 0 fully saturated rings. The number of nitrogens with two attached hydrogens (primary N) is 1. The van der Waals surface area contributed by atoms with Crippen LogP contribution < -0.4 is 11.3 Å². The van der Waals surface area contributed by atoms with Crippen LogP contribution in [0.5, 0.6) is 5.75 Å². The molecule has 0 radical (unpaired) electrons. The Balaban J connectivity index is 1.72. The van der Waals surface area contributed by atoms with Gasteiger partial charge in [-0.15, -0.1) is 0 Å². The standard InChI is InChI=1S/C33H30ClN7O2/c1-4-6-7-8-11-22-12-9-13-26-28(22)33(43)40(18-24(10-5-2)21(3)34)27(38-26)19-41-32-29(31(35)36-20-37-32)30(39-41)23-14-16-25(42)17-15-23/h5,9-10,12-17,20,42H,2-4,6-7,18-19H2,1H3,(H2,35,36,37)/b24-10-. The number of nitrogen functional groups attached to an aromatic ring is 1. The molecule has 0 atom stereocenters. The van der Waals surface area contributed by atoms with Crippen molar-refractivity contribution in [3.05, 3.63) is 106 Å². The van der Waals surface area contributed by atoms with Crippen LogP contribution in [0, 0.1) is 11.8 Å². The van der Waals surface area contributed by atoms with Crippen LogP contribution in [0.2, 0.25) is 0 Å². The number of allylic oxidation sites excluding steroid dienone is 4. The molecule has 9 nitrogen and oxygen atoms in total. The van der Waals surface area contributed by atoms with Gasteiger partial charge in [-0.2, -0.15) is 5.10 Å². The average molecular weight is 592 g/mol. The van der Waals surface area contributed by atoms with Gasteiger partial charge in [0.05, 0.1) is 22.8 Å². The highest BCUT2D eigenvalue weighted by atomic mass is 35.5. The molecule has 43 heavy (non-hydrogen) atoms. The molecule has 0 unspecified atom stereocenters. The lowest BCUT2D eigenvalue weighted by molar-refractivity contribution is 0.475. The number of rotatable bonds is 9. The summed E-state index contributed by atoms with van der Waals surface area (Å²) in [6.45, 7) is 9.94. The van der Waals surface area contributed by atoms with E-state index in [0.717, 1.165) is 19.3 Å². The molecule has 10 heteroatoms. The SMILES string of the molecule is C=C/C=C(/Cn1c(Cn2nc(-c3ccc(O)cc3)c3c(N)ncnc32)nc2cccc(C#CCCCC)c2c1=O)C(=C)Cl. The zero-order chi connectivity index (χ0) is 30.5. The molecule has 3 N–H and O–H groups in total. The van der Waals surface area contributed by atoms with Gasteiger partial charge in [0.15, 0.2) is 5.65 Å². The van der Waals surface area contributed by atoms with Gasteiger partial charge in [-0.3, -0.25) is 9.36 Å². The first-order valence-corrected chi connectivity index (χ1v) is 14.1. The summed E-state index contributed by atoms with van der Waals surface area (Å²) in [5, 5.41) is 15.9. The molecule has 0 saturated heterocycles. The summed E-state index contributed by atoms with van der Waals surface area (Å²) < 4.78 is 3.20. The van der Waals surface area contributed by atoms with E-state index in [9.17, 15) is 9.90 Å². The van der Waals surface area contributed by atoms with Crippen LogP contribution in [0.25, 0.3) is 33.2 Å². The molecule has 3 aromatic heterocycles. The van der Waals surface area contributed by atoms with Crippen molar-refractivity contribution in [1.82, 2.24) is 29.3 Å². The van der Waals surface area contributed by atoms with E-state index in [-0.39, 0.29) is 35.2 Å². The fourth-order valence-corrected chi connectivity index (χ4v) is 4.88. The molecular formula is C33H30ClN7O2. The Labute approximate surface area is 253 Å². The van der Waals surface area contributed by atoms with Crippen molar-refractivity contribution < 1.29 is 5.11 Å². The van der Waals surface area contributed by atoms with Gasteiger partial charge in [-0.05, 0) is 48.4 Å². The summed E-state index contributed by atoms with van der Waals surface area (Å²) >= 11 is 6.33. The van der Waals surface area contributed by atoms with Crippen LogP contribution >= 0.6 is 11.6 Å². The van der Waals surface area contributed by atoms with Gasteiger partial charge in [0.2, 0.25) is 0 Å². The van der Waals surface area contributed by atoms with Gasteiger partial charge in [0.25, 0.3) is 5.56 Å². The largest absolute Gasteiger partial charge is 0.508 e. The quantitative estimate of drug-likeness (QED) is 0.123. The highest BCUT2D eigenvalue weighted by Crippen LogP contribution is 2.31. The van der Waals surface area contributed by atoms with E-state index in [1.54, 1.807) is 51.7 Å². The van der Waals surface area contributed by atoms with Crippen molar-refractivity contribution in [1.29, 1.82) is 0 Å². The second kappa shape index (κ2) is 12.8. The van der Waals surface area contributed by atoms with E-state index in [2.05, 4.69) is 41.9 Å². The number of unbranched alkanes of at least 4 members (excludes halogenated alkanes) is 2. The first kappa shape index (κ1) is 29.3. The Morgan fingerprint density at radius 3 is 2.67 bits per heavy atom. The summed E-state index contributed by atoms with van der Waals surface area (Å²) in [6.07, 6.45) is 7.43. The Bertz CT molecular complexity index is 2010. The highest BCUT2D eigenvalue weighted by molar-refractivity contribution is 6.31. The zero-order valence-electron chi connectivity index (χ0n) is 23.7. The lowest BCUT2D eigenvalue weighted by Gasteiger charge is -2.16. The number of hydrogen-bond acceptors (Lipinski definition) is 7. The predicted molar refractivity (Wildman–Crippen MR) is 172 cm³/mol. The molecule has 0 amide bonds. The highest BCUT2D eigenvalue weighted by Gasteiger charge is 2.21. The smallest absolute Gasteiger partial charge is 0.263 e. The topological polar surface area (TPSA) is 125 Å². The van der Waals surface area contributed by atoms with E-state index >= 15 is 0 Å². The fraction of sp³-hybridized carbons (Fsp3) is 0.182. The maximum absolute atomic E-state index is 14.2. The predicted octanol–water partition coefficient (Wildman–Crippen LogP) is 5.95. The van der Waals surface area contributed by atoms with Crippen LogP contribution in [0.15, 0.2) is 89.5 Å². The molecule has 0 aliphatic rings. The van der Waals surface area contributed by atoms with Gasteiger partial charge >= 0.3 is 0 Å². The third-order valence-corrected chi connectivity index (χ3v) is 7.17. The molecule has 5 rings (SSSR count).